The Morgan fingerprint density at radius 2 is 0.839 bits per heavy atom. The van der Waals surface area contributed by atoms with E-state index in [1.807, 2.05) is 97.1 Å². The van der Waals surface area contributed by atoms with Gasteiger partial charge in [-0.05, 0) is 48.5 Å². The van der Waals surface area contributed by atoms with Crippen LogP contribution in [0.5, 0.6) is 0 Å². The van der Waals surface area contributed by atoms with Crippen molar-refractivity contribution in [2.24, 2.45) is 20.5 Å². The first-order chi connectivity index (χ1) is 15.3. The molecule has 0 amide bonds. The number of aromatic nitrogens is 2. The average Bonchev–Trinajstić information content (AvgIpc) is 2.85. The number of benzene rings is 2. The minimum absolute atomic E-state index is 0.346. The Bertz CT molecular complexity index is 853. The van der Waals surface area contributed by atoms with Crippen LogP contribution in [0.15, 0.2) is 130 Å². The third-order valence-electron chi connectivity index (χ3n) is 3.35. The van der Waals surface area contributed by atoms with Gasteiger partial charge in [0.05, 0.1) is 11.4 Å². The van der Waals surface area contributed by atoms with Gasteiger partial charge in [0.25, 0.3) is 0 Å². The van der Waals surface area contributed by atoms with E-state index in [0.717, 1.165) is 11.4 Å². The molecule has 0 fully saturated rings. The number of azo groups is 2. The largest absolute Gasteiger partial charge is 0.236 e. The van der Waals surface area contributed by atoms with Crippen LogP contribution in [0.3, 0.4) is 0 Å². The maximum absolute atomic E-state index is 4.85. The van der Waals surface area contributed by atoms with Crippen LogP contribution in [0.25, 0.3) is 0 Å². The number of rotatable bonds is 4. The second-order valence-corrected chi connectivity index (χ2v) is 8.14. The molecule has 6 nitrogen and oxygen atoms in total. The van der Waals surface area contributed by atoms with Crippen molar-refractivity contribution in [3.8, 4) is 0 Å². The van der Waals surface area contributed by atoms with Crippen molar-refractivity contribution in [3.63, 3.8) is 0 Å². The fourth-order valence-electron chi connectivity index (χ4n) is 2.03. The van der Waals surface area contributed by atoms with Crippen molar-refractivity contribution in [2.75, 3.05) is 0 Å². The van der Waals surface area contributed by atoms with E-state index in [1.165, 1.54) is 0 Å². The molecule has 0 saturated heterocycles. The van der Waals surface area contributed by atoms with Crippen molar-refractivity contribution in [1.29, 1.82) is 0 Å². The molecule has 0 saturated carbocycles. The summed E-state index contributed by atoms with van der Waals surface area (Å²) in [4.78, 5) is 8.07. The first kappa shape index (κ1) is 24.4. The topological polar surface area (TPSA) is 75.2 Å². The zero-order chi connectivity index (χ0) is 22.0. The fraction of sp³-hybridized carbons (Fsp3) is 0. The number of halogens is 2. The van der Waals surface area contributed by atoms with Crippen LogP contribution in [0.2, 0.25) is 0 Å². The van der Waals surface area contributed by atoms with Crippen LogP contribution in [0.4, 0.5) is 23.0 Å². The summed E-state index contributed by atoms with van der Waals surface area (Å²) in [7, 11) is 9.71. The molecule has 0 unspecified atom stereocenters. The predicted molar refractivity (Wildman–Crippen MR) is 121 cm³/mol. The average molecular weight is 538 g/mol. The minimum Gasteiger partial charge on any atom is -0.236 e. The van der Waals surface area contributed by atoms with Crippen LogP contribution in [-0.2, 0) is 15.1 Å². The molecule has 2 aromatic heterocycles. The van der Waals surface area contributed by atoms with Crippen LogP contribution in [0, 0.1) is 0 Å². The van der Waals surface area contributed by atoms with Crippen molar-refractivity contribution in [3.05, 3.63) is 109 Å². The molecule has 0 aliphatic carbocycles. The molecule has 0 atom stereocenters. The van der Waals surface area contributed by atoms with E-state index in [9.17, 15) is 0 Å². The molecule has 158 valence electrons. The van der Waals surface area contributed by atoms with Gasteiger partial charge in [-0.3, -0.25) is 0 Å². The van der Waals surface area contributed by atoms with Crippen molar-refractivity contribution in [1.82, 2.24) is 9.97 Å². The summed E-state index contributed by atoms with van der Waals surface area (Å²) in [5.41, 5.74) is 1.66. The summed E-state index contributed by atoms with van der Waals surface area (Å²) in [6, 6.07) is 30.2. The molecule has 0 bridgehead atoms. The van der Waals surface area contributed by atoms with Gasteiger partial charge in [-0.25, -0.2) is 9.97 Å². The summed E-state index contributed by atoms with van der Waals surface area (Å²) < 4.78 is 0. The first-order valence-electron chi connectivity index (χ1n) is 8.92. The molecule has 0 radical (unpaired) electrons. The molecule has 2 heterocycles. The van der Waals surface area contributed by atoms with E-state index in [2.05, 4.69) is 30.4 Å². The molecule has 0 aliphatic heterocycles. The quantitative estimate of drug-likeness (QED) is 0.193. The molecule has 0 N–H and O–H groups in total. The van der Waals surface area contributed by atoms with Crippen LogP contribution >= 0.6 is 19.4 Å². The van der Waals surface area contributed by atoms with Crippen LogP contribution in [-0.4, -0.2) is 9.97 Å². The smallest absolute Gasteiger partial charge is 0.174 e. The Morgan fingerprint density at radius 3 is 1.16 bits per heavy atom. The van der Waals surface area contributed by atoms with E-state index in [1.54, 1.807) is 12.4 Å². The minimum atomic E-state index is -0.346. The van der Waals surface area contributed by atoms with Crippen LogP contribution in [0.1, 0.15) is 0 Å². The summed E-state index contributed by atoms with van der Waals surface area (Å²) in [5, 5.41) is 16.1. The normalized spacial score (nSPS) is 10.3. The van der Waals surface area contributed by atoms with Gasteiger partial charge in [-0.1, -0.05) is 48.5 Å². The Labute approximate surface area is 196 Å². The molecule has 0 aliphatic rings. The second kappa shape index (κ2) is 15.9. The molecular weight excluding hydrogens is 520 g/mol. The van der Waals surface area contributed by atoms with Gasteiger partial charge in [0.15, 0.2) is 11.6 Å². The maximum atomic E-state index is 4.85. The van der Waals surface area contributed by atoms with E-state index in [4.69, 9.17) is 19.4 Å². The van der Waals surface area contributed by atoms with Gasteiger partial charge in [0.2, 0.25) is 0 Å². The third-order valence-corrected chi connectivity index (χ3v) is 3.35. The van der Waals surface area contributed by atoms with Gasteiger partial charge < -0.3 is 0 Å². The second-order valence-electron chi connectivity index (χ2n) is 5.50. The first-order valence-corrected chi connectivity index (χ1v) is 13.4. The van der Waals surface area contributed by atoms with E-state index >= 15 is 0 Å². The van der Waals surface area contributed by atoms with E-state index < -0.39 is 0 Å². The molecular formula is C22H18Cl2N6Ru. The molecule has 31 heavy (non-hydrogen) atoms. The van der Waals surface area contributed by atoms with Gasteiger partial charge in [0, 0.05) is 12.4 Å². The zero-order valence-electron chi connectivity index (χ0n) is 16.2. The Balaban J connectivity index is 0.000000196. The summed E-state index contributed by atoms with van der Waals surface area (Å²) in [6.07, 6.45) is 3.39. The van der Waals surface area contributed by atoms with Gasteiger partial charge >= 0.3 is 34.5 Å². The third kappa shape index (κ3) is 11.2. The van der Waals surface area contributed by atoms with Gasteiger partial charge in [-0.15, -0.1) is 20.5 Å². The molecule has 2 aromatic carbocycles. The predicted octanol–water partition coefficient (Wildman–Crippen LogP) is 8.37. The molecule has 4 rings (SSSR count). The Kier molecular flexibility index (Phi) is 12.5. The number of hydrogen-bond donors (Lipinski definition) is 0. The Hall–Kier alpha value is -2.86. The standard InChI is InChI=1S/2C11H9N3.2ClH.Ru/c2*1-2-6-10(7-3-1)13-14-11-8-4-5-9-12-11;;;/h2*1-9H;2*1H;/q;;;;+2/p-2. The molecule has 9 heteroatoms. The van der Waals surface area contributed by atoms with E-state index in [-0.39, 0.29) is 15.1 Å². The summed E-state index contributed by atoms with van der Waals surface area (Å²) >= 11 is -0.346. The zero-order valence-corrected chi connectivity index (χ0v) is 19.4. The Morgan fingerprint density at radius 1 is 0.484 bits per heavy atom. The SMILES string of the molecule is [Cl][Ru][Cl].c1ccc(N=Nc2ccccn2)cc1.c1ccc(N=Nc2ccccn2)cc1. The molecule has 0 spiro atoms. The molecule has 4 aromatic rings. The fourth-order valence-corrected chi connectivity index (χ4v) is 2.03. The van der Waals surface area contributed by atoms with Crippen molar-refractivity contribution >= 4 is 42.4 Å². The van der Waals surface area contributed by atoms with Crippen LogP contribution < -0.4 is 0 Å². The van der Waals surface area contributed by atoms with Crippen molar-refractivity contribution in [2.45, 2.75) is 0 Å². The number of nitrogens with zero attached hydrogens (tertiary/aromatic N) is 6. The van der Waals surface area contributed by atoms with Gasteiger partial charge in [-0.2, -0.15) is 0 Å². The summed E-state index contributed by atoms with van der Waals surface area (Å²) in [5.74, 6) is 1.24. The maximum Gasteiger partial charge on any atom is 0.174 e. The van der Waals surface area contributed by atoms with Crippen molar-refractivity contribution < 1.29 is 15.1 Å². The number of pyridine rings is 2. The summed E-state index contributed by atoms with van der Waals surface area (Å²) in [6.45, 7) is 0. The monoisotopic (exact) mass is 538 g/mol. The van der Waals surface area contributed by atoms with Gasteiger partial charge in [0.1, 0.15) is 0 Å². The van der Waals surface area contributed by atoms with E-state index in [0.29, 0.717) is 11.6 Å². The number of hydrogen-bond acceptors (Lipinski definition) is 6.